The predicted octanol–water partition coefficient (Wildman–Crippen LogP) is 3.31. The number of Topliss-reactive ketones (excluding diaryl/α,β-unsaturated/α-hetero) is 1. The van der Waals surface area contributed by atoms with Gasteiger partial charge in [-0.05, 0) is 32.0 Å². The number of hydrogen-bond donors (Lipinski definition) is 1. The molecule has 1 N–H and O–H groups in total. The third-order valence-electron chi connectivity index (χ3n) is 2.44. The largest absolute Gasteiger partial charge is 0.449 e. The number of carbonyl (C=O) groups is 2. The lowest BCUT2D eigenvalue weighted by Crippen LogP contribution is -2.27. The quantitative estimate of drug-likeness (QED) is 0.466. The number of amides is 1. The lowest BCUT2D eigenvalue weighted by molar-refractivity contribution is 0.104. The van der Waals surface area contributed by atoms with Gasteiger partial charge in [0, 0.05) is 17.2 Å². The van der Waals surface area contributed by atoms with E-state index in [1.807, 2.05) is 0 Å². The average molecular weight is 347 g/mol. The van der Waals surface area contributed by atoms with Crippen molar-refractivity contribution in [3.63, 3.8) is 0 Å². The van der Waals surface area contributed by atoms with E-state index >= 15 is 0 Å². The Bertz CT molecular complexity index is 576. The minimum Gasteiger partial charge on any atom is -0.449 e. The van der Waals surface area contributed by atoms with Crippen LogP contribution in [0.25, 0.3) is 0 Å². The molecule has 8 heteroatoms. The number of ether oxygens (including phenoxy) is 2. The van der Waals surface area contributed by atoms with Gasteiger partial charge in [-0.25, -0.2) is 10.2 Å². The molecule has 6 nitrogen and oxygen atoms in total. The SMILES string of the molecule is CCOCC(=NNC(=O)OCC)C(=O)c1ccc(Cl)cc1Cl. The first-order valence-electron chi connectivity index (χ1n) is 6.56. The molecule has 0 spiro atoms. The van der Waals surface area contributed by atoms with Crippen molar-refractivity contribution in [1.82, 2.24) is 5.43 Å². The highest BCUT2D eigenvalue weighted by atomic mass is 35.5. The van der Waals surface area contributed by atoms with Crippen molar-refractivity contribution in [2.75, 3.05) is 19.8 Å². The van der Waals surface area contributed by atoms with Crippen molar-refractivity contribution in [1.29, 1.82) is 0 Å². The zero-order valence-corrected chi connectivity index (χ0v) is 13.7. The van der Waals surface area contributed by atoms with E-state index in [0.717, 1.165) is 0 Å². The van der Waals surface area contributed by atoms with Crippen LogP contribution in [0, 0.1) is 0 Å². The predicted molar refractivity (Wildman–Crippen MR) is 84.9 cm³/mol. The van der Waals surface area contributed by atoms with Crippen molar-refractivity contribution in [3.8, 4) is 0 Å². The van der Waals surface area contributed by atoms with Crippen molar-refractivity contribution < 1.29 is 19.1 Å². The van der Waals surface area contributed by atoms with Gasteiger partial charge in [-0.15, -0.1) is 0 Å². The van der Waals surface area contributed by atoms with Crippen LogP contribution in [-0.2, 0) is 9.47 Å². The maximum Gasteiger partial charge on any atom is 0.427 e. The van der Waals surface area contributed by atoms with Crippen molar-refractivity contribution in [2.24, 2.45) is 5.10 Å². The maximum atomic E-state index is 12.4. The van der Waals surface area contributed by atoms with Gasteiger partial charge in [0.25, 0.3) is 0 Å². The number of ketones is 1. The molecule has 0 aliphatic heterocycles. The van der Waals surface area contributed by atoms with E-state index in [4.69, 9.17) is 27.9 Å². The van der Waals surface area contributed by atoms with Crippen LogP contribution >= 0.6 is 23.2 Å². The maximum absolute atomic E-state index is 12.4. The molecule has 0 unspecified atom stereocenters. The molecule has 0 fully saturated rings. The van der Waals surface area contributed by atoms with Crippen LogP contribution in [0.5, 0.6) is 0 Å². The number of rotatable bonds is 7. The Kier molecular flexibility index (Phi) is 7.87. The number of nitrogens with one attached hydrogen (secondary N) is 1. The Morgan fingerprint density at radius 3 is 2.55 bits per heavy atom. The highest BCUT2D eigenvalue weighted by Crippen LogP contribution is 2.21. The highest BCUT2D eigenvalue weighted by molar-refractivity contribution is 6.50. The van der Waals surface area contributed by atoms with Crippen LogP contribution in [0.4, 0.5) is 4.79 Å². The van der Waals surface area contributed by atoms with E-state index < -0.39 is 11.9 Å². The van der Waals surface area contributed by atoms with Gasteiger partial charge in [0.2, 0.25) is 5.78 Å². The summed E-state index contributed by atoms with van der Waals surface area (Å²) in [6, 6.07) is 4.48. The summed E-state index contributed by atoms with van der Waals surface area (Å²) in [6.45, 7) is 3.94. The summed E-state index contributed by atoms with van der Waals surface area (Å²) >= 11 is 11.8. The van der Waals surface area contributed by atoms with Crippen LogP contribution in [0.1, 0.15) is 24.2 Å². The van der Waals surface area contributed by atoms with E-state index in [1.165, 1.54) is 18.2 Å². The molecule has 22 heavy (non-hydrogen) atoms. The molecular weight excluding hydrogens is 331 g/mol. The summed E-state index contributed by atoms with van der Waals surface area (Å²) in [5.41, 5.74) is 2.35. The van der Waals surface area contributed by atoms with Crippen LogP contribution < -0.4 is 5.43 Å². The Morgan fingerprint density at radius 1 is 1.23 bits per heavy atom. The molecule has 120 valence electrons. The fourth-order valence-corrected chi connectivity index (χ4v) is 1.95. The summed E-state index contributed by atoms with van der Waals surface area (Å²) in [7, 11) is 0. The number of nitrogens with zero attached hydrogens (tertiary/aromatic N) is 1. The Morgan fingerprint density at radius 2 is 1.95 bits per heavy atom. The molecule has 0 bridgehead atoms. The zero-order chi connectivity index (χ0) is 16.5. The monoisotopic (exact) mass is 346 g/mol. The molecular formula is C14H16Cl2N2O4. The number of benzene rings is 1. The average Bonchev–Trinajstić information content (AvgIpc) is 2.47. The second-order valence-electron chi connectivity index (χ2n) is 3.98. The fraction of sp³-hybridized carbons (Fsp3) is 0.357. The second kappa shape index (κ2) is 9.40. The number of halogens is 2. The molecule has 1 aromatic rings. The van der Waals surface area contributed by atoms with Gasteiger partial charge in [-0.1, -0.05) is 23.2 Å². The smallest absolute Gasteiger partial charge is 0.427 e. The number of hydrazone groups is 1. The first-order chi connectivity index (χ1) is 10.5. The van der Waals surface area contributed by atoms with Gasteiger partial charge >= 0.3 is 6.09 Å². The Balaban J connectivity index is 2.96. The van der Waals surface area contributed by atoms with E-state index in [1.54, 1.807) is 13.8 Å². The molecule has 1 aromatic carbocycles. The summed E-state index contributed by atoms with van der Waals surface area (Å²) in [4.78, 5) is 23.7. The minimum absolute atomic E-state index is 0.000810. The first-order valence-corrected chi connectivity index (χ1v) is 7.32. The molecule has 0 heterocycles. The molecule has 0 aliphatic rings. The summed E-state index contributed by atoms with van der Waals surface area (Å²) in [5.74, 6) is -0.466. The van der Waals surface area contributed by atoms with Gasteiger partial charge in [0.05, 0.1) is 18.2 Å². The summed E-state index contributed by atoms with van der Waals surface area (Å²) in [6.07, 6.45) is -0.758. The topological polar surface area (TPSA) is 77.0 Å². The zero-order valence-electron chi connectivity index (χ0n) is 12.2. The normalized spacial score (nSPS) is 11.2. The summed E-state index contributed by atoms with van der Waals surface area (Å²) < 4.78 is 9.85. The minimum atomic E-state index is -0.758. The lowest BCUT2D eigenvalue weighted by atomic mass is 10.1. The Labute approximate surface area is 138 Å². The van der Waals surface area contributed by atoms with E-state index in [-0.39, 0.29) is 29.5 Å². The number of carbonyl (C=O) groups excluding carboxylic acids is 2. The molecule has 0 aliphatic carbocycles. The highest BCUT2D eigenvalue weighted by Gasteiger charge is 2.18. The van der Waals surface area contributed by atoms with E-state index in [9.17, 15) is 9.59 Å². The first kappa shape index (κ1) is 18.4. The molecule has 0 saturated heterocycles. The van der Waals surface area contributed by atoms with Gasteiger partial charge in [0.1, 0.15) is 5.71 Å². The third kappa shape index (κ3) is 5.63. The Hall–Kier alpha value is -1.63. The van der Waals surface area contributed by atoms with Gasteiger partial charge in [-0.2, -0.15) is 5.10 Å². The van der Waals surface area contributed by atoms with Crippen LogP contribution in [0.3, 0.4) is 0 Å². The molecule has 0 radical (unpaired) electrons. The fourth-order valence-electron chi connectivity index (χ4n) is 1.45. The van der Waals surface area contributed by atoms with E-state index in [0.29, 0.717) is 11.6 Å². The van der Waals surface area contributed by atoms with Crippen molar-refractivity contribution in [2.45, 2.75) is 13.8 Å². The molecule has 0 atom stereocenters. The van der Waals surface area contributed by atoms with Crippen LogP contribution in [0.2, 0.25) is 10.0 Å². The van der Waals surface area contributed by atoms with E-state index in [2.05, 4.69) is 15.3 Å². The second-order valence-corrected chi connectivity index (χ2v) is 4.82. The van der Waals surface area contributed by atoms with Crippen LogP contribution in [-0.4, -0.2) is 37.4 Å². The molecule has 1 amide bonds. The van der Waals surface area contributed by atoms with Gasteiger partial charge < -0.3 is 9.47 Å². The van der Waals surface area contributed by atoms with Crippen molar-refractivity contribution in [3.05, 3.63) is 33.8 Å². The lowest BCUT2D eigenvalue weighted by Gasteiger charge is -2.08. The van der Waals surface area contributed by atoms with Gasteiger partial charge in [0.15, 0.2) is 0 Å². The molecule has 1 rings (SSSR count). The van der Waals surface area contributed by atoms with Gasteiger partial charge in [-0.3, -0.25) is 4.79 Å². The summed E-state index contributed by atoms with van der Waals surface area (Å²) in [5, 5.41) is 4.35. The standard InChI is InChI=1S/C14H16Cl2N2O4/c1-3-21-8-12(17-18-14(20)22-4-2)13(19)10-6-5-9(15)7-11(10)16/h5-7H,3-4,8H2,1-2H3,(H,18,20). The number of hydrogen-bond acceptors (Lipinski definition) is 5. The van der Waals surface area contributed by atoms with Crippen molar-refractivity contribution >= 4 is 40.8 Å². The van der Waals surface area contributed by atoms with Crippen LogP contribution in [0.15, 0.2) is 23.3 Å². The molecule has 0 saturated carbocycles. The third-order valence-corrected chi connectivity index (χ3v) is 2.99. The molecule has 0 aromatic heterocycles.